The Hall–Kier alpha value is -2.09. The SMILES string of the molecule is C[C@@H]1CCC[C@@H](C)N1C(=O)CC(c1ccccc1)c1ccccc1. The summed E-state index contributed by atoms with van der Waals surface area (Å²) in [6.45, 7) is 4.38. The van der Waals surface area contributed by atoms with Crippen molar-refractivity contribution in [2.75, 3.05) is 0 Å². The van der Waals surface area contributed by atoms with Crippen molar-refractivity contribution in [3.05, 3.63) is 71.8 Å². The van der Waals surface area contributed by atoms with Gasteiger partial charge in [-0.05, 0) is 44.2 Å². The molecule has 1 saturated heterocycles. The minimum Gasteiger partial charge on any atom is -0.337 e. The molecule has 0 saturated carbocycles. The van der Waals surface area contributed by atoms with Gasteiger partial charge in [0.1, 0.15) is 0 Å². The smallest absolute Gasteiger partial charge is 0.224 e. The first-order valence-electron chi connectivity index (χ1n) is 9.08. The minimum absolute atomic E-state index is 0.126. The fourth-order valence-electron chi connectivity index (χ4n) is 3.99. The van der Waals surface area contributed by atoms with Crippen molar-refractivity contribution in [1.82, 2.24) is 4.90 Å². The van der Waals surface area contributed by atoms with Crippen LogP contribution >= 0.6 is 0 Å². The molecule has 1 amide bonds. The molecule has 2 aromatic carbocycles. The van der Waals surface area contributed by atoms with Crippen molar-refractivity contribution in [2.45, 2.75) is 57.5 Å². The van der Waals surface area contributed by atoms with E-state index in [1.54, 1.807) is 0 Å². The molecular formula is C22H27NO. The number of rotatable bonds is 4. The van der Waals surface area contributed by atoms with E-state index in [-0.39, 0.29) is 11.8 Å². The predicted molar refractivity (Wildman–Crippen MR) is 99.0 cm³/mol. The molecule has 2 atom stereocenters. The third-order valence-corrected chi connectivity index (χ3v) is 5.26. The van der Waals surface area contributed by atoms with Crippen LogP contribution in [0.25, 0.3) is 0 Å². The van der Waals surface area contributed by atoms with Gasteiger partial charge in [-0.3, -0.25) is 4.79 Å². The summed E-state index contributed by atoms with van der Waals surface area (Å²) in [5, 5.41) is 0. The summed E-state index contributed by atoms with van der Waals surface area (Å²) < 4.78 is 0. The average Bonchev–Trinajstić information content (AvgIpc) is 2.61. The number of likely N-dealkylation sites (tertiary alicyclic amines) is 1. The van der Waals surface area contributed by atoms with Gasteiger partial charge in [0.25, 0.3) is 0 Å². The van der Waals surface area contributed by atoms with Crippen LogP contribution in [-0.2, 0) is 4.79 Å². The van der Waals surface area contributed by atoms with Gasteiger partial charge < -0.3 is 4.90 Å². The summed E-state index contributed by atoms with van der Waals surface area (Å²) >= 11 is 0. The largest absolute Gasteiger partial charge is 0.337 e. The lowest BCUT2D eigenvalue weighted by molar-refractivity contribution is -0.137. The van der Waals surface area contributed by atoms with Crippen molar-refractivity contribution < 1.29 is 4.79 Å². The quantitative estimate of drug-likeness (QED) is 0.776. The lowest BCUT2D eigenvalue weighted by Crippen LogP contribution is -2.47. The Morgan fingerprint density at radius 1 is 0.917 bits per heavy atom. The first kappa shape index (κ1) is 16.8. The summed E-state index contributed by atoms with van der Waals surface area (Å²) in [4.78, 5) is 15.2. The number of benzene rings is 2. The van der Waals surface area contributed by atoms with E-state index in [4.69, 9.17) is 0 Å². The second kappa shape index (κ2) is 7.65. The molecule has 2 heteroatoms. The van der Waals surface area contributed by atoms with Crippen molar-refractivity contribution in [2.24, 2.45) is 0 Å². The number of hydrogen-bond acceptors (Lipinski definition) is 1. The summed E-state index contributed by atoms with van der Waals surface area (Å²) in [6.07, 6.45) is 4.02. The zero-order chi connectivity index (χ0) is 16.9. The number of amides is 1. The molecular weight excluding hydrogens is 294 g/mol. The summed E-state index contributed by atoms with van der Waals surface area (Å²) in [5.41, 5.74) is 2.43. The molecule has 1 aliphatic heterocycles. The van der Waals surface area contributed by atoms with Crippen LogP contribution in [0.15, 0.2) is 60.7 Å². The number of carbonyl (C=O) groups is 1. The minimum atomic E-state index is 0.126. The van der Waals surface area contributed by atoms with Gasteiger partial charge in [-0.25, -0.2) is 0 Å². The van der Waals surface area contributed by atoms with Gasteiger partial charge in [-0.1, -0.05) is 60.7 Å². The van der Waals surface area contributed by atoms with Crippen molar-refractivity contribution in [3.8, 4) is 0 Å². The zero-order valence-electron chi connectivity index (χ0n) is 14.7. The Labute approximate surface area is 145 Å². The van der Waals surface area contributed by atoms with Gasteiger partial charge in [-0.2, -0.15) is 0 Å². The molecule has 0 aromatic heterocycles. The monoisotopic (exact) mass is 321 g/mol. The molecule has 1 heterocycles. The standard InChI is InChI=1S/C22H27NO/c1-17-10-9-11-18(2)23(17)22(24)16-21(19-12-5-3-6-13-19)20-14-7-4-8-15-20/h3-8,12-15,17-18,21H,9-11,16H2,1-2H3/t17-,18-/m1/s1. The lowest BCUT2D eigenvalue weighted by Gasteiger charge is -2.40. The molecule has 0 N–H and O–H groups in total. The first-order chi connectivity index (χ1) is 11.7. The number of carbonyl (C=O) groups excluding carboxylic acids is 1. The fourth-order valence-corrected chi connectivity index (χ4v) is 3.99. The molecule has 126 valence electrons. The van der Waals surface area contributed by atoms with E-state index in [1.165, 1.54) is 17.5 Å². The average molecular weight is 321 g/mol. The Morgan fingerprint density at radius 3 is 1.83 bits per heavy atom. The predicted octanol–water partition coefficient (Wildman–Crippen LogP) is 5.00. The Bertz CT molecular complexity index is 603. The van der Waals surface area contributed by atoms with E-state index in [0.717, 1.165) is 12.8 Å². The second-order valence-corrected chi connectivity index (χ2v) is 7.01. The third kappa shape index (κ3) is 3.69. The molecule has 0 aliphatic carbocycles. The Kier molecular flexibility index (Phi) is 5.34. The van der Waals surface area contributed by atoms with Crippen LogP contribution in [0.3, 0.4) is 0 Å². The first-order valence-corrected chi connectivity index (χ1v) is 9.08. The van der Waals surface area contributed by atoms with Gasteiger partial charge in [0, 0.05) is 24.4 Å². The van der Waals surface area contributed by atoms with Gasteiger partial charge >= 0.3 is 0 Å². The van der Waals surface area contributed by atoms with E-state index in [9.17, 15) is 4.79 Å². The van der Waals surface area contributed by atoms with E-state index in [2.05, 4.69) is 67.3 Å². The highest BCUT2D eigenvalue weighted by Crippen LogP contribution is 2.31. The molecule has 0 bridgehead atoms. The maximum Gasteiger partial charge on any atom is 0.224 e. The Balaban J connectivity index is 1.85. The maximum absolute atomic E-state index is 13.1. The van der Waals surface area contributed by atoms with E-state index in [0.29, 0.717) is 18.5 Å². The maximum atomic E-state index is 13.1. The van der Waals surface area contributed by atoms with E-state index >= 15 is 0 Å². The molecule has 2 nitrogen and oxygen atoms in total. The molecule has 1 fully saturated rings. The van der Waals surface area contributed by atoms with Gasteiger partial charge in [-0.15, -0.1) is 0 Å². The van der Waals surface area contributed by atoms with Crippen LogP contribution in [0.1, 0.15) is 56.6 Å². The molecule has 3 rings (SSSR count). The summed E-state index contributed by atoms with van der Waals surface area (Å²) in [7, 11) is 0. The molecule has 0 spiro atoms. The highest BCUT2D eigenvalue weighted by molar-refractivity contribution is 5.78. The van der Waals surface area contributed by atoms with Crippen LogP contribution in [0, 0.1) is 0 Å². The molecule has 0 radical (unpaired) electrons. The highest BCUT2D eigenvalue weighted by Gasteiger charge is 2.30. The normalized spacial score (nSPS) is 21.0. The summed E-state index contributed by atoms with van der Waals surface area (Å²) in [5.74, 6) is 0.411. The number of nitrogens with zero attached hydrogens (tertiary/aromatic N) is 1. The van der Waals surface area contributed by atoms with Gasteiger partial charge in [0.15, 0.2) is 0 Å². The van der Waals surface area contributed by atoms with Gasteiger partial charge in [0.05, 0.1) is 0 Å². The van der Waals surface area contributed by atoms with Crippen molar-refractivity contribution in [1.29, 1.82) is 0 Å². The van der Waals surface area contributed by atoms with Crippen LogP contribution in [0.4, 0.5) is 0 Å². The van der Waals surface area contributed by atoms with Crippen molar-refractivity contribution >= 4 is 5.91 Å². The summed E-state index contributed by atoms with van der Waals surface area (Å²) in [6, 6.07) is 21.5. The molecule has 24 heavy (non-hydrogen) atoms. The van der Waals surface area contributed by atoms with E-state index in [1.807, 2.05) is 12.1 Å². The van der Waals surface area contributed by atoms with Gasteiger partial charge in [0.2, 0.25) is 5.91 Å². The Morgan fingerprint density at radius 2 is 1.38 bits per heavy atom. The molecule has 1 aliphatic rings. The van der Waals surface area contributed by atoms with Crippen LogP contribution in [0.2, 0.25) is 0 Å². The highest BCUT2D eigenvalue weighted by atomic mass is 16.2. The molecule has 0 unspecified atom stereocenters. The lowest BCUT2D eigenvalue weighted by atomic mass is 9.87. The molecule has 2 aromatic rings. The van der Waals surface area contributed by atoms with Crippen LogP contribution < -0.4 is 0 Å². The second-order valence-electron chi connectivity index (χ2n) is 7.01. The number of piperidine rings is 1. The van der Waals surface area contributed by atoms with Crippen LogP contribution in [-0.4, -0.2) is 22.9 Å². The van der Waals surface area contributed by atoms with E-state index < -0.39 is 0 Å². The topological polar surface area (TPSA) is 20.3 Å². The van der Waals surface area contributed by atoms with Crippen molar-refractivity contribution in [3.63, 3.8) is 0 Å². The number of hydrogen-bond donors (Lipinski definition) is 0. The fraction of sp³-hybridized carbons (Fsp3) is 0.409. The zero-order valence-corrected chi connectivity index (χ0v) is 14.7. The third-order valence-electron chi connectivity index (χ3n) is 5.26. The van der Waals surface area contributed by atoms with Crippen LogP contribution in [0.5, 0.6) is 0 Å².